The molecule has 9 heteroatoms. The smallest absolute Gasteiger partial charge is 0.141 e. The number of pyridine rings is 1. The summed E-state index contributed by atoms with van der Waals surface area (Å²) in [5.41, 5.74) is 10.4. The molecule has 0 radical (unpaired) electrons. The Labute approximate surface area is 185 Å². The van der Waals surface area contributed by atoms with Crippen LogP contribution in [0.1, 0.15) is 25.1 Å². The highest BCUT2D eigenvalue weighted by Crippen LogP contribution is 2.43. The van der Waals surface area contributed by atoms with Gasteiger partial charge in [-0.25, -0.2) is 9.97 Å². The number of nitrogens with one attached hydrogen (secondary N) is 1. The molecule has 30 heavy (non-hydrogen) atoms. The lowest BCUT2D eigenvalue weighted by Gasteiger charge is -2.11. The van der Waals surface area contributed by atoms with E-state index in [-0.39, 0.29) is 0 Å². The van der Waals surface area contributed by atoms with Gasteiger partial charge in [-0.1, -0.05) is 31.2 Å². The van der Waals surface area contributed by atoms with Gasteiger partial charge < -0.3 is 10.8 Å². The number of thiophene rings is 1. The zero-order chi connectivity index (χ0) is 21.3. The van der Waals surface area contributed by atoms with Gasteiger partial charge in [-0.05, 0) is 36.2 Å². The molecule has 0 bridgehead atoms. The van der Waals surface area contributed by atoms with Crippen molar-refractivity contribution in [2.24, 2.45) is 0 Å². The molecule has 156 valence electrons. The van der Waals surface area contributed by atoms with Crippen LogP contribution in [0.25, 0.3) is 32.0 Å². The number of benzene rings is 1. The van der Waals surface area contributed by atoms with Crippen molar-refractivity contribution in [3.63, 3.8) is 0 Å². The highest BCUT2D eigenvalue weighted by Gasteiger charge is 2.21. The molecule has 4 rings (SSSR count). The first-order chi connectivity index (χ1) is 14.5. The number of hydrogen-bond acceptors (Lipinski definition) is 8. The highest BCUT2D eigenvalue weighted by atomic mass is 32.2. The van der Waals surface area contributed by atoms with Crippen molar-refractivity contribution in [1.82, 2.24) is 15.3 Å². The number of nitrogen functional groups attached to an aromatic ring is 1. The molecule has 0 saturated heterocycles. The SMILES string of the molecule is CCCS(=O)c1sc2nc(-c3nccs3)cc(-c3ccc(C(O)NC)cc3)c2c1N. The number of aliphatic hydroxyl groups is 1. The van der Waals surface area contributed by atoms with Gasteiger partial charge in [-0.3, -0.25) is 9.53 Å². The predicted molar refractivity (Wildman–Crippen MR) is 126 cm³/mol. The second-order valence-corrected chi connectivity index (χ2v) is 10.4. The average Bonchev–Trinajstić information content (AvgIpc) is 3.41. The molecule has 2 unspecified atom stereocenters. The van der Waals surface area contributed by atoms with Crippen LogP contribution in [0, 0.1) is 0 Å². The number of fused-ring (bicyclic) bond motifs is 1. The maximum Gasteiger partial charge on any atom is 0.141 e. The van der Waals surface area contributed by atoms with E-state index in [1.54, 1.807) is 13.2 Å². The summed E-state index contributed by atoms with van der Waals surface area (Å²) in [6.45, 7) is 2.01. The van der Waals surface area contributed by atoms with Gasteiger partial charge in [-0.15, -0.1) is 22.7 Å². The first-order valence-corrected chi connectivity index (χ1v) is 12.5. The van der Waals surface area contributed by atoms with E-state index in [4.69, 9.17) is 10.7 Å². The third-order valence-corrected chi connectivity index (χ3v) is 8.63. The van der Waals surface area contributed by atoms with Gasteiger partial charge in [0.25, 0.3) is 0 Å². The number of anilines is 1. The Bertz CT molecular complexity index is 1190. The third kappa shape index (κ3) is 3.91. The van der Waals surface area contributed by atoms with E-state index in [9.17, 15) is 9.32 Å². The van der Waals surface area contributed by atoms with Gasteiger partial charge >= 0.3 is 0 Å². The summed E-state index contributed by atoms with van der Waals surface area (Å²) in [6, 6.07) is 9.65. The average molecular weight is 459 g/mol. The van der Waals surface area contributed by atoms with Gasteiger partial charge in [0.15, 0.2) is 0 Å². The first kappa shape index (κ1) is 21.1. The Hall–Kier alpha value is -2.17. The fraction of sp³-hybridized carbons (Fsp3) is 0.238. The Kier molecular flexibility index (Phi) is 6.26. The monoisotopic (exact) mass is 458 g/mol. The van der Waals surface area contributed by atoms with Crippen LogP contribution in [0.2, 0.25) is 0 Å². The zero-order valence-electron chi connectivity index (χ0n) is 16.6. The minimum absolute atomic E-state index is 0.536. The maximum atomic E-state index is 12.7. The molecule has 0 aliphatic carbocycles. The van der Waals surface area contributed by atoms with E-state index in [1.807, 2.05) is 42.6 Å². The van der Waals surface area contributed by atoms with Crippen LogP contribution in [0.3, 0.4) is 0 Å². The zero-order valence-corrected chi connectivity index (χ0v) is 19.0. The molecule has 3 aromatic heterocycles. The van der Waals surface area contributed by atoms with Crippen molar-refractivity contribution in [1.29, 1.82) is 0 Å². The standard InChI is InChI=1S/C21H22N4O2S3/c1-3-10-30(27)21-17(22)16-14(12-4-6-13(7-5-12)18(26)23-2)11-15(25-20(16)29-21)19-24-8-9-28-19/h4-9,11,18,23,26H,3,10,22H2,1-2H3. The van der Waals surface area contributed by atoms with Crippen molar-refractivity contribution in [3.8, 4) is 21.8 Å². The summed E-state index contributed by atoms with van der Waals surface area (Å²) >= 11 is 2.92. The molecule has 0 spiro atoms. The lowest BCUT2D eigenvalue weighted by atomic mass is 10.00. The van der Waals surface area contributed by atoms with Crippen LogP contribution in [0.15, 0.2) is 46.1 Å². The molecule has 0 fully saturated rings. The van der Waals surface area contributed by atoms with E-state index < -0.39 is 17.0 Å². The Morgan fingerprint density at radius 2 is 2.07 bits per heavy atom. The van der Waals surface area contributed by atoms with Crippen LogP contribution in [-0.2, 0) is 10.8 Å². The lowest BCUT2D eigenvalue weighted by Crippen LogP contribution is -2.14. The molecule has 0 aliphatic rings. The van der Waals surface area contributed by atoms with Gasteiger partial charge in [0.05, 0.1) is 16.5 Å². The molecular weight excluding hydrogens is 436 g/mol. The molecule has 0 aliphatic heterocycles. The van der Waals surface area contributed by atoms with Gasteiger partial charge in [-0.2, -0.15) is 0 Å². The van der Waals surface area contributed by atoms with Crippen molar-refractivity contribution >= 4 is 49.4 Å². The summed E-state index contributed by atoms with van der Waals surface area (Å²) in [5.74, 6) is 0.572. The fourth-order valence-corrected chi connectivity index (χ4v) is 6.46. The Morgan fingerprint density at radius 3 is 2.70 bits per heavy atom. The summed E-state index contributed by atoms with van der Waals surface area (Å²) in [5, 5.41) is 16.4. The van der Waals surface area contributed by atoms with E-state index in [1.165, 1.54) is 22.7 Å². The second-order valence-electron chi connectivity index (χ2n) is 6.74. The van der Waals surface area contributed by atoms with Crippen LogP contribution in [-0.4, -0.2) is 32.1 Å². The van der Waals surface area contributed by atoms with Crippen molar-refractivity contribution in [2.45, 2.75) is 23.8 Å². The number of aliphatic hydroxyl groups excluding tert-OH is 1. The second kappa shape index (κ2) is 8.91. The molecule has 2 atom stereocenters. The number of nitrogens with zero attached hydrogens (tertiary/aromatic N) is 2. The molecular formula is C21H22N4O2S3. The van der Waals surface area contributed by atoms with E-state index in [2.05, 4.69) is 10.3 Å². The van der Waals surface area contributed by atoms with E-state index >= 15 is 0 Å². The molecule has 6 nitrogen and oxygen atoms in total. The third-order valence-electron chi connectivity index (χ3n) is 4.72. The van der Waals surface area contributed by atoms with Crippen LogP contribution < -0.4 is 11.1 Å². The largest absolute Gasteiger partial charge is 0.396 e. The molecule has 4 N–H and O–H groups in total. The maximum absolute atomic E-state index is 12.7. The summed E-state index contributed by atoms with van der Waals surface area (Å²) in [6.07, 6.45) is 1.85. The molecule has 0 amide bonds. The summed E-state index contributed by atoms with van der Waals surface area (Å²) < 4.78 is 13.4. The first-order valence-electron chi connectivity index (χ1n) is 9.50. The summed E-state index contributed by atoms with van der Waals surface area (Å²) in [4.78, 5) is 9.95. The van der Waals surface area contributed by atoms with E-state index in [0.29, 0.717) is 15.6 Å². The molecule has 3 heterocycles. The van der Waals surface area contributed by atoms with Gasteiger partial charge in [0, 0.05) is 22.7 Å². The quantitative estimate of drug-likeness (QED) is 0.355. The Morgan fingerprint density at radius 1 is 1.30 bits per heavy atom. The van der Waals surface area contributed by atoms with Gasteiger partial charge in [0.1, 0.15) is 26.0 Å². The minimum Gasteiger partial charge on any atom is -0.396 e. The lowest BCUT2D eigenvalue weighted by molar-refractivity contribution is 0.149. The number of nitrogens with two attached hydrogens (primary N) is 1. The molecule has 4 aromatic rings. The van der Waals surface area contributed by atoms with Crippen molar-refractivity contribution in [2.75, 3.05) is 18.5 Å². The van der Waals surface area contributed by atoms with Gasteiger partial charge in [0.2, 0.25) is 0 Å². The molecule has 0 saturated carbocycles. The van der Waals surface area contributed by atoms with Crippen LogP contribution in [0.4, 0.5) is 5.69 Å². The number of thiazole rings is 1. The normalized spacial score (nSPS) is 13.6. The summed E-state index contributed by atoms with van der Waals surface area (Å²) in [7, 11) is 0.556. The number of aromatic nitrogens is 2. The molecule has 1 aromatic carbocycles. The fourth-order valence-electron chi connectivity index (χ4n) is 3.25. The van der Waals surface area contributed by atoms with Crippen LogP contribution in [0.5, 0.6) is 0 Å². The van der Waals surface area contributed by atoms with Crippen molar-refractivity contribution < 1.29 is 9.32 Å². The Balaban J connectivity index is 1.92. The van der Waals surface area contributed by atoms with E-state index in [0.717, 1.165) is 44.0 Å². The minimum atomic E-state index is -1.15. The number of rotatable bonds is 7. The highest BCUT2D eigenvalue weighted by molar-refractivity contribution is 7.87. The number of hydrogen-bond donors (Lipinski definition) is 3. The van der Waals surface area contributed by atoms with Crippen molar-refractivity contribution in [3.05, 3.63) is 47.5 Å². The topological polar surface area (TPSA) is 101 Å². The van der Waals surface area contributed by atoms with Crippen LogP contribution >= 0.6 is 22.7 Å². The predicted octanol–water partition coefficient (Wildman–Crippen LogP) is 4.40.